The largest absolute Gasteiger partial charge is 0.508 e. The van der Waals surface area contributed by atoms with Crippen LogP contribution in [0, 0.1) is 5.41 Å². The number of carbonyl (C=O) groups excluding carboxylic acids is 2. The summed E-state index contributed by atoms with van der Waals surface area (Å²) in [6.45, 7) is 3.10. The van der Waals surface area contributed by atoms with Gasteiger partial charge in [-0.3, -0.25) is 8.98 Å². The van der Waals surface area contributed by atoms with Crippen LogP contribution in [0.5, 0.6) is 0 Å². The second kappa shape index (κ2) is 12.4. The molecule has 186 valence electrons. The Balaban J connectivity index is 2.58. The van der Waals surface area contributed by atoms with Crippen molar-refractivity contribution in [3.05, 3.63) is 0 Å². The molecule has 0 radical (unpaired) electrons. The Hall–Kier alpha value is -1.92. The Morgan fingerprint density at radius 1 is 1.12 bits per heavy atom. The molecule has 1 fully saturated rings. The average molecular weight is 482 g/mol. The summed E-state index contributed by atoms with van der Waals surface area (Å²) in [4.78, 5) is 34.4. The van der Waals surface area contributed by atoms with Gasteiger partial charge in [0, 0.05) is 25.3 Å². The fourth-order valence-electron chi connectivity index (χ4n) is 3.30. The summed E-state index contributed by atoms with van der Waals surface area (Å²) < 4.78 is 39.2. The van der Waals surface area contributed by atoms with Gasteiger partial charge in [-0.25, -0.2) is 9.59 Å². The summed E-state index contributed by atoms with van der Waals surface area (Å²) in [5.41, 5.74) is -3.97. The normalized spacial score (nSPS) is 17.2. The number of amides is 1. The van der Waals surface area contributed by atoms with Crippen LogP contribution in [0.4, 0.5) is 4.79 Å². The third-order valence-electron chi connectivity index (χ3n) is 5.52. The van der Waals surface area contributed by atoms with Gasteiger partial charge in [-0.05, 0) is 32.1 Å². The summed E-state index contributed by atoms with van der Waals surface area (Å²) in [6.07, 6.45) is 2.97. The van der Waals surface area contributed by atoms with Gasteiger partial charge >= 0.3 is 12.1 Å². The average Bonchev–Trinajstić information content (AvgIpc) is 2.70. The quantitative estimate of drug-likeness (QED) is 0.200. The van der Waals surface area contributed by atoms with Crippen molar-refractivity contribution in [1.29, 1.82) is 0 Å². The molecule has 0 aromatic rings. The Labute approximate surface area is 188 Å². The van der Waals surface area contributed by atoms with E-state index in [4.69, 9.17) is 13.7 Å². The predicted octanol–water partition coefficient (Wildman–Crippen LogP) is 1.58. The number of hydrogen-bond donors (Lipinski definition) is 3. The van der Waals surface area contributed by atoms with Gasteiger partial charge in [0.2, 0.25) is 5.91 Å². The van der Waals surface area contributed by atoms with E-state index in [2.05, 4.69) is 5.32 Å². The number of aliphatic carboxylic acids is 1. The molecule has 1 atom stereocenters. The van der Waals surface area contributed by atoms with Crippen LogP contribution in [0.1, 0.15) is 65.7 Å². The number of ether oxygens (including phenoxy) is 2. The van der Waals surface area contributed by atoms with E-state index in [0.29, 0.717) is 0 Å². The Kier molecular flexibility index (Phi) is 10.9. The van der Waals surface area contributed by atoms with E-state index in [1.54, 1.807) is 0 Å². The minimum Gasteiger partial charge on any atom is -0.479 e. The third-order valence-corrected chi connectivity index (χ3v) is 6.78. The van der Waals surface area contributed by atoms with E-state index in [9.17, 15) is 33.0 Å². The number of nitrogens with one attached hydrogen (secondary N) is 1. The highest BCUT2D eigenvalue weighted by molar-refractivity contribution is 7.86. The zero-order valence-electron chi connectivity index (χ0n) is 18.9. The first kappa shape index (κ1) is 28.1. The van der Waals surface area contributed by atoms with Crippen molar-refractivity contribution in [3.63, 3.8) is 0 Å². The van der Waals surface area contributed by atoms with E-state index >= 15 is 0 Å². The first-order chi connectivity index (χ1) is 14.8. The molecule has 3 N–H and O–H groups in total. The van der Waals surface area contributed by atoms with Crippen molar-refractivity contribution < 1.29 is 46.7 Å². The van der Waals surface area contributed by atoms with Crippen molar-refractivity contribution in [2.75, 3.05) is 25.5 Å². The van der Waals surface area contributed by atoms with E-state index in [0.717, 1.165) is 32.1 Å². The second-order valence-corrected chi connectivity index (χ2v) is 10.4. The standard InChI is InChI=1S/C20H35NO10S/c1-15(22)21-11-7-13-32(27,28)30-14-19(2,3)20(26,17(23)24)10-12-29-18(25)31-16-8-5-4-6-9-16/h16,26H,4-14H2,1-3H3,(H,21,22)(H,23,24)/t20-/m0/s1. The maximum absolute atomic E-state index is 12.1. The smallest absolute Gasteiger partial charge is 0.479 e. The molecule has 0 aliphatic heterocycles. The van der Waals surface area contributed by atoms with Crippen LogP contribution in [0.2, 0.25) is 0 Å². The first-order valence-corrected chi connectivity index (χ1v) is 12.3. The van der Waals surface area contributed by atoms with Gasteiger partial charge in [-0.15, -0.1) is 0 Å². The predicted molar refractivity (Wildman–Crippen MR) is 113 cm³/mol. The number of carbonyl (C=O) groups is 3. The number of rotatable bonds is 13. The first-order valence-electron chi connectivity index (χ1n) is 10.7. The molecule has 0 aromatic heterocycles. The Morgan fingerprint density at radius 2 is 1.75 bits per heavy atom. The van der Waals surface area contributed by atoms with Crippen LogP contribution in [0.3, 0.4) is 0 Å². The van der Waals surface area contributed by atoms with Crippen molar-refractivity contribution in [2.24, 2.45) is 5.41 Å². The minimum atomic E-state index is -4.01. The van der Waals surface area contributed by atoms with Crippen LogP contribution < -0.4 is 5.32 Å². The van der Waals surface area contributed by atoms with Gasteiger partial charge in [0.05, 0.1) is 19.0 Å². The molecular formula is C20H35NO10S. The lowest BCUT2D eigenvalue weighted by Crippen LogP contribution is -2.54. The fourth-order valence-corrected chi connectivity index (χ4v) is 4.39. The fraction of sp³-hybridized carbons (Fsp3) is 0.850. The highest BCUT2D eigenvalue weighted by atomic mass is 32.2. The summed E-state index contributed by atoms with van der Waals surface area (Å²) in [6, 6.07) is 0. The van der Waals surface area contributed by atoms with Gasteiger partial charge in [0.15, 0.2) is 5.60 Å². The van der Waals surface area contributed by atoms with Gasteiger partial charge in [-0.1, -0.05) is 20.3 Å². The molecule has 0 spiro atoms. The van der Waals surface area contributed by atoms with Crippen molar-refractivity contribution in [3.8, 4) is 0 Å². The van der Waals surface area contributed by atoms with Gasteiger partial charge in [-0.2, -0.15) is 8.42 Å². The highest BCUT2D eigenvalue weighted by Gasteiger charge is 2.51. The minimum absolute atomic E-state index is 0.114. The molecule has 1 amide bonds. The molecule has 0 bridgehead atoms. The molecule has 0 unspecified atom stereocenters. The molecular weight excluding hydrogens is 446 g/mol. The molecule has 1 aliphatic rings. The summed E-state index contributed by atoms with van der Waals surface area (Å²) in [5.74, 6) is -2.27. The zero-order chi connectivity index (χ0) is 24.4. The van der Waals surface area contributed by atoms with E-state index in [1.165, 1.54) is 20.8 Å². The van der Waals surface area contributed by atoms with E-state index < -0.39 is 52.9 Å². The SMILES string of the molecule is CC(=O)NCCCS(=O)(=O)OCC(C)(C)[C@](O)(CCOC(=O)OC1CCCCC1)C(=O)O. The summed E-state index contributed by atoms with van der Waals surface area (Å²) >= 11 is 0. The van der Waals surface area contributed by atoms with Crippen LogP contribution in [0.25, 0.3) is 0 Å². The molecule has 0 saturated heterocycles. The van der Waals surface area contributed by atoms with Crippen molar-refractivity contribution >= 4 is 28.1 Å². The molecule has 1 aliphatic carbocycles. The maximum atomic E-state index is 12.1. The van der Waals surface area contributed by atoms with E-state index in [-0.39, 0.29) is 30.7 Å². The molecule has 0 aromatic carbocycles. The molecule has 12 heteroatoms. The Bertz CT molecular complexity index is 745. The van der Waals surface area contributed by atoms with E-state index in [1.807, 2.05) is 0 Å². The third kappa shape index (κ3) is 9.29. The Morgan fingerprint density at radius 3 is 2.31 bits per heavy atom. The molecule has 32 heavy (non-hydrogen) atoms. The number of carboxylic acids is 1. The zero-order valence-corrected chi connectivity index (χ0v) is 19.7. The number of hydrogen-bond acceptors (Lipinski definition) is 9. The van der Waals surface area contributed by atoms with Crippen molar-refractivity contribution in [1.82, 2.24) is 5.32 Å². The van der Waals surface area contributed by atoms with Gasteiger partial charge in [0.1, 0.15) is 6.10 Å². The molecule has 1 rings (SSSR count). The van der Waals surface area contributed by atoms with Crippen molar-refractivity contribution in [2.45, 2.75) is 77.4 Å². The lowest BCUT2D eigenvalue weighted by Gasteiger charge is -2.38. The number of aliphatic hydroxyl groups is 1. The maximum Gasteiger partial charge on any atom is 0.508 e. The highest BCUT2D eigenvalue weighted by Crippen LogP contribution is 2.35. The lowest BCUT2D eigenvalue weighted by molar-refractivity contribution is -0.179. The molecule has 0 heterocycles. The lowest BCUT2D eigenvalue weighted by atomic mass is 9.73. The second-order valence-electron chi connectivity index (χ2n) is 8.64. The van der Waals surface area contributed by atoms with Gasteiger partial charge < -0.3 is 25.0 Å². The van der Waals surface area contributed by atoms with Crippen LogP contribution in [0.15, 0.2) is 0 Å². The molecule has 11 nitrogen and oxygen atoms in total. The summed E-state index contributed by atoms with van der Waals surface area (Å²) in [7, 11) is -4.01. The van der Waals surface area contributed by atoms with Crippen LogP contribution >= 0.6 is 0 Å². The monoisotopic (exact) mass is 481 g/mol. The topological polar surface area (TPSA) is 166 Å². The van der Waals surface area contributed by atoms with Crippen LogP contribution in [-0.4, -0.2) is 73.9 Å². The van der Waals surface area contributed by atoms with Crippen LogP contribution in [-0.2, 0) is 33.4 Å². The van der Waals surface area contributed by atoms with Gasteiger partial charge in [0.25, 0.3) is 10.1 Å². The molecule has 1 saturated carbocycles. The summed E-state index contributed by atoms with van der Waals surface area (Å²) in [5, 5.41) is 22.8. The number of carboxylic acid groups (broad SMARTS) is 1.